The lowest BCUT2D eigenvalue weighted by atomic mass is 10.2. The van der Waals surface area contributed by atoms with E-state index in [-0.39, 0.29) is 5.91 Å². The van der Waals surface area contributed by atoms with Crippen LogP contribution in [-0.4, -0.2) is 60.2 Å². The summed E-state index contributed by atoms with van der Waals surface area (Å²) in [6, 6.07) is 19.0. The Balaban J connectivity index is 1.32. The highest BCUT2D eigenvalue weighted by Crippen LogP contribution is 2.37. The number of benzene rings is 2. The first-order chi connectivity index (χ1) is 13.2. The molecule has 142 valence electrons. The lowest BCUT2D eigenvalue weighted by Gasteiger charge is -2.38. The Morgan fingerprint density at radius 3 is 2.48 bits per heavy atom. The highest BCUT2D eigenvalue weighted by atomic mass is 32.2. The zero-order valence-electron chi connectivity index (χ0n) is 15.9. The van der Waals surface area contributed by atoms with Gasteiger partial charge in [0.1, 0.15) is 0 Å². The minimum absolute atomic E-state index is 0.253. The van der Waals surface area contributed by atoms with Gasteiger partial charge in [0.25, 0.3) is 0 Å². The molecule has 2 heterocycles. The van der Waals surface area contributed by atoms with E-state index in [0.29, 0.717) is 11.8 Å². The summed E-state index contributed by atoms with van der Waals surface area (Å²) < 4.78 is 0. The number of carbonyl (C=O) groups is 1. The molecule has 0 aliphatic carbocycles. The summed E-state index contributed by atoms with van der Waals surface area (Å²) >= 11 is 1.91. The van der Waals surface area contributed by atoms with Crippen LogP contribution in [0.25, 0.3) is 0 Å². The van der Waals surface area contributed by atoms with E-state index in [1.54, 1.807) is 0 Å². The van der Waals surface area contributed by atoms with Gasteiger partial charge in [0.2, 0.25) is 5.91 Å². The van der Waals surface area contributed by atoms with E-state index in [0.717, 1.165) is 39.3 Å². The van der Waals surface area contributed by atoms with Crippen molar-refractivity contribution in [1.82, 2.24) is 9.80 Å². The van der Waals surface area contributed by atoms with Crippen LogP contribution in [0, 0.1) is 0 Å². The lowest BCUT2D eigenvalue weighted by Crippen LogP contribution is -2.51. The normalized spacial score (nSPS) is 20.4. The fourth-order valence-electron chi connectivity index (χ4n) is 3.89. The maximum absolute atomic E-state index is 12.9. The van der Waals surface area contributed by atoms with Crippen molar-refractivity contribution in [3.8, 4) is 0 Å². The minimum Gasteiger partial charge on any atom is -0.360 e. The summed E-state index contributed by atoms with van der Waals surface area (Å²) in [5, 5.41) is 0.510. The molecule has 0 saturated carbocycles. The molecule has 1 amide bonds. The molecule has 2 aromatic carbocycles. The van der Waals surface area contributed by atoms with Crippen molar-refractivity contribution in [3.63, 3.8) is 0 Å². The van der Waals surface area contributed by atoms with Gasteiger partial charge in [-0.2, -0.15) is 0 Å². The maximum atomic E-state index is 12.9. The number of carbonyl (C=O) groups excluding carboxylic acids is 1. The molecule has 2 aliphatic heterocycles. The molecule has 5 heteroatoms. The topological polar surface area (TPSA) is 26.8 Å². The third kappa shape index (κ3) is 4.47. The molecule has 0 spiro atoms. The van der Waals surface area contributed by atoms with E-state index >= 15 is 0 Å². The third-order valence-electron chi connectivity index (χ3n) is 5.31. The molecule has 27 heavy (non-hydrogen) atoms. The maximum Gasteiger partial charge on any atom is 0.242 e. The second-order valence-electron chi connectivity index (χ2n) is 7.42. The van der Waals surface area contributed by atoms with Gasteiger partial charge in [-0.25, -0.2) is 0 Å². The number of hydrogen-bond donors (Lipinski definition) is 0. The number of piperazine rings is 1. The summed E-state index contributed by atoms with van der Waals surface area (Å²) in [7, 11) is 0. The molecule has 0 bridgehead atoms. The van der Waals surface area contributed by atoms with Crippen molar-refractivity contribution in [2.45, 2.75) is 23.6 Å². The van der Waals surface area contributed by atoms with E-state index in [9.17, 15) is 4.79 Å². The molecule has 2 aliphatic rings. The predicted molar refractivity (Wildman–Crippen MR) is 112 cm³/mol. The molecule has 0 unspecified atom stereocenters. The number of thioether (sulfide) groups is 1. The average Bonchev–Trinajstić information content (AvgIpc) is 2.69. The van der Waals surface area contributed by atoms with Crippen LogP contribution >= 0.6 is 11.8 Å². The molecule has 0 aromatic heterocycles. The number of para-hydroxylation sites is 1. The predicted octanol–water partition coefficient (Wildman–Crippen LogP) is 3.33. The Kier molecular flexibility index (Phi) is 5.69. The van der Waals surface area contributed by atoms with Gasteiger partial charge in [-0.15, -0.1) is 11.8 Å². The molecule has 1 fully saturated rings. The van der Waals surface area contributed by atoms with Crippen LogP contribution in [0.2, 0.25) is 0 Å². The van der Waals surface area contributed by atoms with Gasteiger partial charge in [0.05, 0.1) is 12.2 Å². The van der Waals surface area contributed by atoms with Crippen molar-refractivity contribution in [3.05, 3.63) is 60.2 Å². The van der Waals surface area contributed by atoms with Gasteiger partial charge < -0.3 is 9.80 Å². The Labute approximate surface area is 166 Å². The Hall–Kier alpha value is -1.98. The van der Waals surface area contributed by atoms with Gasteiger partial charge in [0, 0.05) is 49.4 Å². The first kappa shape index (κ1) is 18.4. The van der Waals surface area contributed by atoms with Crippen LogP contribution < -0.4 is 4.90 Å². The van der Waals surface area contributed by atoms with Crippen LogP contribution in [0.1, 0.15) is 12.5 Å². The number of anilines is 1. The lowest BCUT2D eigenvalue weighted by molar-refractivity contribution is -0.131. The molecule has 2 aromatic rings. The molecular weight excluding hydrogens is 354 g/mol. The number of nitrogens with zero attached hydrogens (tertiary/aromatic N) is 3. The summed E-state index contributed by atoms with van der Waals surface area (Å²) in [5.41, 5.74) is 2.55. The second kappa shape index (κ2) is 8.36. The summed E-state index contributed by atoms with van der Waals surface area (Å²) in [5.74, 6) is 0.253. The van der Waals surface area contributed by atoms with Crippen LogP contribution in [0.4, 0.5) is 5.69 Å². The summed E-state index contributed by atoms with van der Waals surface area (Å²) in [6.45, 7) is 8.17. The van der Waals surface area contributed by atoms with Crippen LogP contribution in [0.3, 0.4) is 0 Å². The first-order valence-electron chi connectivity index (χ1n) is 9.74. The van der Waals surface area contributed by atoms with Gasteiger partial charge in [-0.1, -0.05) is 49.4 Å². The first-order valence-corrected chi connectivity index (χ1v) is 10.6. The smallest absolute Gasteiger partial charge is 0.242 e. The Morgan fingerprint density at radius 2 is 1.70 bits per heavy atom. The number of hydrogen-bond acceptors (Lipinski definition) is 4. The van der Waals surface area contributed by atoms with Crippen molar-refractivity contribution in [2.24, 2.45) is 0 Å². The largest absolute Gasteiger partial charge is 0.360 e. The van der Waals surface area contributed by atoms with E-state index in [4.69, 9.17) is 0 Å². The van der Waals surface area contributed by atoms with Gasteiger partial charge in [-0.3, -0.25) is 9.69 Å². The number of fused-ring (bicyclic) bond motifs is 1. The monoisotopic (exact) mass is 381 g/mol. The van der Waals surface area contributed by atoms with E-state index in [1.807, 2.05) is 16.7 Å². The number of rotatable bonds is 4. The van der Waals surface area contributed by atoms with Crippen LogP contribution in [0.5, 0.6) is 0 Å². The Bertz CT molecular complexity index is 774. The molecule has 4 nitrogen and oxygen atoms in total. The molecule has 1 atom stereocenters. The fourth-order valence-corrected chi connectivity index (χ4v) is 5.05. The van der Waals surface area contributed by atoms with Crippen molar-refractivity contribution >= 4 is 23.4 Å². The van der Waals surface area contributed by atoms with Gasteiger partial charge in [0.15, 0.2) is 0 Å². The van der Waals surface area contributed by atoms with E-state index < -0.39 is 0 Å². The van der Waals surface area contributed by atoms with Crippen molar-refractivity contribution in [2.75, 3.05) is 44.2 Å². The zero-order valence-corrected chi connectivity index (χ0v) is 16.7. The highest BCUT2D eigenvalue weighted by molar-refractivity contribution is 8.00. The summed E-state index contributed by atoms with van der Waals surface area (Å²) in [6.07, 6.45) is 0. The molecular formula is C22H27N3OS. The fraction of sp³-hybridized carbons (Fsp3) is 0.409. The average molecular weight is 382 g/mol. The molecule has 4 rings (SSSR count). The molecule has 0 radical (unpaired) electrons. The molecule has 0 N–H and O–H groups in total. The van der Waals surface area contributed by atoms with Crippen LogP contribution in [-0.2, 0) is 11.3 Å². The highest BCUT2D eigenvalue weighted by Gasteiger charge is 2.27. The quantitative estimate of drug-likeness (QED) is 0.812. The van der Waals surface area contributed by atoms with Crippen molar-refractivity contribution < 1.29 is 4.79 Å². The van der Waals surface area contributed by atoms with Gasteiger partial charge in [-0.05, 0) is 17.7 Å². The Morgan fingerprint density at radius 1 is 1.00 bits per heavy atom. The standard InChI is InChI=1S/C22H27N3OS/c1-18-15-25(20-9-5-6-10-21(20)27-18)17-22(26)24-13-11-23(12-14-24)16-19-7-3-2-4-8-19/h2-10,18H,11-17H2,1H3/t18-/m0/s1. The van der Waals surface area contributed by atoms with E-state index in [1.165, 1.54) is 16.1 Å². The third-order valence-corrected chi connectivity index (χ3v) is 6.46. The van der Waals surface area contributed by atoms with Crippen molar-refractivity contribution in [1.29, 1.82) is 0 Å². The zero-order chi connectivity index (χ0) is 18.6. The van der Waals surface area contributed by atoms with E-state index in [2.05, 4.69) is 71.3 Å². The molecule has 1 saturated heterocycles. The van der Waals surface area contributed by atoms with Crippen LogP contribution in [0.15, 0.2) is 59.5 Å². The van der Waals surface area contributed by atoms with Gasteiger partial charge >= 0.3 is 0 Å². The second-order valence-corrected chi connectivity index (χ2v) is 8.90. The summed E-state index contributed by atoms with van der Waals surface area (Å²) in [4.78, 5) is 20.9. The SMILES string of the molecule is C[C@H]1CN(CC(=O)N2CCN(Cc3ccccc3)CC2)c2ccccc2S1. The minimum atomic E-state index is 0.253. The number of amides is 1.